The predicted molar refractivity (Wildman–Crippen MR) is 154 cm³/mol. The first-order valence-corrected chi connectivity index (χ1v) is 14.3. The average Bonchev–Trinajstić information content (AvgIpc) is 3.46. The molecule has 0 aliphatic carbocycles. The van der Waals surface area contributed by atoms with Crippen LogP contribution < -0.4 is 10.6 Å². The van der Waals surface area contributed by atoms with Gasteiger partial charge in [-0.25, -0.2) is 4.79 Å². The molecule has 4 atom stereocenters. The predicted octanol–water partition coefficient (Wildman–Crippen LogP) is 4.59. The molecule has 1 aromatic heterocycles. The highest BCUT2D eigenvalue weighted by Crippen LogP contribution is 2.43. The van der Waals surface area contributed by atoms with E-state index < -0.39 is 6.29 Å². The molecule has 4 unspecified atom stereocenters. The van der Waals surface area contributed by atoms with Gasteiger partial charge in [0.15, 0.2) is 6.29 Å². The Balaban J connectivity index is 1.36. The number of benzene rings is 3. The highest BCUT2D eigenvalue weighted by atomic mass is 32.2. The summed E-state index contributed by atoms with van der Waals surface area (Å²) in [5.41, 5.74) is 4.03. The fourth-order valence-electron chi connectivity index (χ4n) is 4.55. The minimum absolute atomic E-state index is 0.0181. The van der Waals surface area contributed by atoms with Crippen molar-refractivity contribution in [2.45, 2.75) is 44.1 Å². The van der Waals surface area contributed by atoms with Gasteiger partial charge in [0.25, 0.3) is 0 Å². The van der Waals surface area contributed by atoms with Gasteiger partial charge in [0.2, 0.25) is 5.16 Å². The van der Waals surface area contributed by atoms with Crippen molar-refractivity contribution in [2.24, 2.45) is 5.92 Å². The minimum Gasteiger partial charge on any atom is -0.508 e. The minimum atomic E-state index is -0.647. The second kappa shape index (κ2) is 13.1. The molecule has 4 aromatic rings. The van der Waals surface area contributed by atoms with Crippen LogP contribution in [0.5, 0.6) is 5.75 Å². The number of aliphatic hydroxyl groups excluding tert-OH is 1. The lowest BCUT2D eigenvalue weighted by Crippen LogP contribution is -2.38. The molecule has 12 heteroatoms. The first-order chi connectivity index (χ1) is 19.9. The monoisotopic (exact) mass is 576 g/mol. The quantitative estimate of drug-likeness (QED) is 0.210. The topological polar surface area (TPSA) is 144 Å². The number of hydrogen-bond donors (Lipinski definition) is 4. The van der Waals surface area contributed by atoms with Crippen LogP contribution in [0, 0.1) is 5.92 Å². The highest BCUT2D eigenvalue weighted by molar-refractivity contribution is 7.99. The van der Waals surface area contributed by atoms with Crippen molar-refractivity contribution in [3.8, 4) is 11.4 Å². The number of phenols is 1. The van der Waals surface area contributed by atoms with Gasteiger partial charge in [0, 0.05) is 29.5 Å². The molecule has 214 valence electrons. The number of ether oxygens (including phenoxy) is 2. The normalized spacial score (nSPS) is 20.5. The second-order valence-electron chi connectivity index (χ2n) is 9.63. The number of phenolic OH excluding ortho intramolecular Hbond substituents is 1. The number of anilines is 1. The Morgan fingerprint density at radius 3 is 2.39 bits per heavy atom. The van der Waals surface area contributed by atoms with Crippen molar-refractivity contribution in [3.63, 3.8) is 0 Å². The molecular formula is C29H32N6O5S. The number of tetrazole rings is 1. The lowest BCUT2D eigenvalue weighted by molar-refractivity contribution is -0.268. The van der Waals surface area contributed by atoms with E-state index in [4.69, 9.17) is 9.47 Å². The van der Waals surface area contributed by atoms with Crippen molar-refractivity contribution < 1.29 is 24.5 Å². The van der Waals surface area contributed by atoms with E-state index in [9.17, 15) is 15.0 Å². The number of urea groups is 1. The first-order valence-electron chi connectivity index (χ1n) is 13.3. The number of carbonyl (C=O) groups is 1. The summed E-state index contributed by atoms with van der Waals surface area (Å²) in [6.45, 7) is 4.46. The molecule has 0 spiro atoms. The van der Waals surface area contributed by atoms with Crippen LogP contribution in [0.4, 0.5) is 10.5 Å². The zero-order valence-corrected chi connectivity index (χ0v) is 23.5. The molecule has 0 saturated carbocycles. The molecule has 5 rings (SSSR count). The summed E-state index contributed by atoms with van der Waals surface area (Å²) in [7, 11) is 0. The van der Waals surface area contributed by atoms with Crippen LogP contribution in [-0.2, 0) is 16.1 Å². The van der Waals surface area contributed by atoms with Gasteiger partial charge >= 0.3 is 6.03 Å². The standard InChI is InChI=1S/C29H32N6O5S/c1-3-30-28(38)31-22-10-8-21(9-11-22)27-39-25(18(2)26(40-27)20-6-4-19(16-36)5-7-20)17-41-29-32-33-34-35(29)23-12-14-24(37)15-13-23/h4-15,18,25-27,36-37H,3,16-17H2,1-2H3,(H2,30,31,38). The zero-order chi connectivity index (χ0) is 28.8. The van der Waals surface area contributed by atoms with E-state index in [0.29, 0.717) is 23.1 Å². The molecule has 1 aliphatic rings. The van der Waals surface area contributed by atoms with Gasteiger partial charge in [-0.05, 0) is 64.9 Å². The Bertz CT molecular complexity index is 1430. The number of aromatic hydroxyl groups is 1. The lowest BCUT2D eigenvalue weighted by Gasteiger charge is -2.41. The first kappa shape index (κ1) is 28.6. The summed E-state index contributed by atoms with van der Waals surface area (Å²) in [5.74, 6) is 0.703. The lowest BCUT2D eigenvalue weighted by atomic mass is 9.91. The summed E-state index contributed by atoms with van der Waals surface area (Å²) in [6.07, 6.45) is -1.14. The third-order valence-electron chi connectivity index (χ3n) is 6.81. The van der Waals surface area contributed by atoms with Crippen molar-refractivity contribution in [3.05, 3.63) is 89.5 Å². The fourth-order valence-corrected chi connectivity index (χ4v) is 5.60. The van der Waals surface area contributed by atoms with Crippen LogP contribution in [0.15, 0.2) is 78.0 Å². The second-order valence-corrected chi connectivity index (χ2v) is 10.6. The smallest absolute Gasteiger partial charge is 0.319 e. The summed E-state index contributed by atoms with van der Waals surface area (Å²) >= 11 is 1.47. The SMILES string of the molecule is CCNC(=O)Nc1ccc(C2OC(CSc3nnnn3-c3ccc(O)cc3)C(C)C(c3ccc(CO)cc3)O2)cc1. The van der Waals surface area contributed by atoms with Gasteiger partial charge in [-0.3, -0.25) is 0 Å². The van der Waals surface area contributed by atoms with Crippen LogP contribution in [-0.4, -0.2) is 54.9 Å². The number of aliphatic hydroxyl groups is 1. The maximum atomic E-state index is 11.9. The van der Waals surface area contributed by atoms with E-state index in [1.165, 1.54) is 11.8 Å². The molecule has 1 saturated heterocycles. The molecule has 3 aromatic carbocycles. The summed E-state index contributed by atoms with van der Waals surface area (Å²) in [6, 6.07) is 21.5. The van der Waals surface area contributed by atoms with Gasteiger partial charge in [-0.2, -0.15) is 4.68 Å². The number of carbonyl (C=O) groups excluding carboxylic acids is 1. The molecular weight excluding hydrogens is 544 g/mol. The van der Waals surface area contributed by atoms with Gasteiger partial charge in [-0.15, -0.1) is 5.10 Å². The summed E-state index contributed by atoms with van der Waals surface area (Å²) in [5, 5.41) is 37.4. The number of amides is 2. The van der Waals surface area contributed by atoms with Gasteiger partial charge in [0.05, 0.1) is 24.5 Å². The number of aromatic nitrogens is 4. The van der Waals surface area contributed by atoms with Crippen molar-refractivity contribution in [1.82, 2.24) is 25.5 Å². The van der Waals surface area contributed by atoms with Crippen LogP contribution in [0.2, 0.25) is 0 Å². The molecule has 0 radical (unpaired) electrons. The maximum absolute atomic E-state index is 11.9. The van der Waals surface area contributed by atoms with Crippen molar-refractivity contribution >= 4 is 23.5 Å². The molecule has 11 nitrogen and oxygen atoms in total. The molecule has 2 amide bonds. The molecule has 1 aliphatic heterocycles. The number of thioether (sulfide) groups is 1. The Kier molecular flexibility index (Phi) is 9.14. The van der Waals surface area contributed by atoms with Gasteiger partial charge in [-0.1, -0.05) is 55.1 Å². The number of hydrogen-bond acceptors (Lipinski definition) is 9. The van der Waals surface area contributed by atoms with E-state index in [1.54, 1.807) is 28.9 Å². The molecule has 41 heavy (non-hydrogen) atoms. The van der Waals surface area contributed by atoms with Crippen LogP contribution >= 0.6 is 11.8 Å². The van der Waals surface area contributed by atoms with E-state index in [1.807, 2.05) is 55.5 Å². The van der Waals surface area contributed by atoms with Gasteiger partial charge < -0.3 is 30.3 Å². The number of nitrogens with one attached hydrogen (secondary N) is 2. The molecule has 2 heterocycles. The van der Waals surface area contributed by atoms with Crippen LogP contribution in [0.3, 0.4) is 0 Å². The van der Waals surface area contributed by atoms with Crippen LogP contribution in [0.1, 0.15) is 42.9 Å². The Morgan fingerprint density at radius 2 is 1.71 bits per heavy atom. The summed E-state index contributed by atoms with van der Waals surface area (Å²) in [4.78, 5) is 11.9. The van der Waals surface area contributed by atoms with Crippen molar-refractivity contribution in [2.75, 3.05) is 17.6 Å². The Morgan fingerprint density at radius 1 is 1.00 bits per heavy atom. The van der Waals surface area contributed by atoms with E-state index in [2.05, 4.69) is 33.1 Å². The molecule has 1 fully saturated rings. The number of rotatable bonds is 9. The summed E-state index contributed by atoms with van der Waals surface area (Å²) < 4.78 is 14.6. The average molecular weight is 577 g/mol. The fraction of sp³-hybridized carbons (Fsp3) is 0.310. The van der Waals surface area contributed by atoms with E-state index >= 15 is 0 Å². The third kappa shape index (κ3) is 6.85. The van der Waals surface area contributed by atoms with E-state index in [-0.39, 0.29) is 36.5 Å². The Labute approximate surface area is 241 Å². The number of nitrogens with zero attached hydrogens (tertiary/aromatic N) is 4. The largest absolute Gasteiger partial charge is 0.508 e. The maximum Gasteiger partial charge on any atom is 0.319 e. The molecule has 0 bridgehead atoms. The van der Waals surface area contributed by atoms with Crippen LogP contribution in [0.25, 0.3) is 5.69 Å². The highest BCUT2D eigenvalue weighted by Gasteiger charge is 2.38. The van der Waals surface area contributed by atoms with Crippen molar-refractivity contribution in [1.29, 1.82) is 0 Å². The Hall–Kier alpha value is -3.97. The molecule has 4 N–H and O–H groups in total. The van der Waals surface area contributed by atoms with E-state index in [0.717, 1.165) is 22.4 Å². The third-order valence-corrected chi connectivity index (χ3v) is 7.82. The zero-order valence-electron chi connectivity index (χ0n) is 22.7. The van der Waals surface area contributed by atoms with Gasteiger partial charge in [0.1, 0.15) is 5.75 Å².